The Labute approximate surface area is 165 Å². The van der Waals surface area contributed by atoms with Crippen LogP contribution in [0.4, 0.5) is 5.69 Å². The van der Waals surface area contributed by atoms with Gasteiger partial charge in [-0.15, -0.1) is 0 Å². The lowest BCUT2D eigenvalue weighted by Crippen LogP contribution is -2.32. The molecule has 0 aliphatic rings. The first-order valence-corrected chi connectivity index (χ1v) is 9.28. The predicted octanol–water partition coefficient (Wildman–Crippen LogP) is 4.52. The van der Waals surface area contributed by atoms with Gasteiger partial charge in [-0.05, 0) is 37.1 Å². The second-order valence-corrected chi connectivity index (χ2v) is 6.82. The Morgan fingerprint density at radius 1 is 0.857 bits per heavy atom. The average Bonchev–Trinajstić information content (AvgIpc) is 2.70. The summed E-state index contributed by atoms with van der Waals surface area (Å²) >= 11 is 0. The van der Waals surface area contributed by atoms with E-state index in [2.05, 4.69) is 41.8 Å². The summed E-state index contributed by atoms with van der Waals surface area (Å²) in [5.74, 6) is -0.188. The number of anilines is 1. The summed E-state index contributed by atoms with van der Waals surface area (Å²) in [6, 6.07) is 25.2. The van der Waals surface area contributed by atoms with Gasteiger partial charge in [0.25, 0.3) is 0 Å². The molecule has 0 saturated heterocycles. The molecular formula is C24H24N2O2. The molecule has 0 heterocycles. The van der Waals surface area contributed by atoms with E-state index in [4.69, 9.17) is 0 Å². The second-order valence-electron chi connectivity index (χ2n) is 6.82. The smallest absolute Gasteiger partial charge is 0.238 e. The Hall–Kier alpha value is -3.24. The van der Waals surface area contributed by atoms with E-state index >= 15 is 0 Å². The summed E-state index contributed by atoms with van der Waals surface area (Å²) in [6.07, 6.45) is 0. The number of nitrogens with one attached hydrogen (secondary N) is 2. The molecule has 4 heteroatoms. The number of carbonyl (C=O) groups excluding carboxylic acids is 2. The molecular weight excluding hydrogens is 348 g/mol. The average molecular weight is 372 g/mol. The second kappa shape index (κ2) is 9.11. The van der Waals surface area contributed by atoms with Crippen LogP contribution in [0, 0.1) is 6.92 Å². The van der Waals surface area contributed by atoms with Crippen LogP contribution in [-0.4, -0.2) is 18.2 Å². The van der Waals surface area contributed by atoms with Crippen molar-refractivity contribution in [2.24, 2.45) is 0 Å². The molecule has 3 aromatic rings. The van der Waals surface area contributed by atoms with Crippen molar-refractivity contribution in [3.05, 3.63) is 101 Å². The van der Waals surface area contributed by atoms with Crippen molar-refractivity contribution in [3.8, 4) is 0 Å². The normalized spacial score (nSPS) is 11.6. The summed E-state index contributed by atoms with van der Waals surface area (Å²) in [6.45, 7) is 3.71. The quantitative estimate of drug-likeness (QED) is 0.600. The van der Waals surface area contributed by atoms with Crippen molar-refractivity contribution in [1.29, 1.82) is 0 Å². The van der Waals surface area contributed by atoms with Gasteiger partial charge >= 0.3 is 0 Å². The van der Waals surface area contributed by atoms with E-state index in [1.165, 1.54) is 12.5 Å². The molecule has 2 N–H and O–H groups in total. The first-order valence-electron chi connectivity index (χ1n) is 9.28. The number of amides is 1. The molecule has 0 saturated carbocycles. The van der Waals surface area contributed by atoms with Gasteiger partial charge < -0.3 is 5.32 Å². The van der Waals surface area contributed by atoms with Gasteiger partial charge in [-0.1, -0.05) is 72.3 Å². The van der Waals surface area contributed by atoms with Crippen LogP contribution in [0.25, 0.3) is 0 Å². The Morgan fingerprint density at radius 3 is 2.21 bits per heavy atom. The number of carbonyl (C=O) groups is 2. The lowest BCUT2D eigenvalue weighted by molar-refractivity contribution is -0.115. The molecule has 3 rings (SSSR count). The number of ketones is 1. The SMILES string of the molecule is CC(=O)c1cccc(NC(=O)CN[C@@H](c2ccccc2)c2ccc(C)cc2)c1. The molecule has 0 radical (unpaired) electrons. The Kier molecular flexibility index (Phi) is 6.35. The van der Waals surface area contributed by atoms with Crippen LogP contribution in [0.15, 0.2) is 78.9 Å². The summed E-state index contributed by atoms with van der Waals surface area (Å²) in [7, 11) is 0. The maximum absolute atomic E-state index is 12.5. The fourth-order valence-electron chi connectivity index (χ4n) is 3.05. The zero-order valence-corrected chi connectivity index (χ0v) is 16.1. The van der Waals surface area contributed by atoms with Crippen molar-refractivity contribution >= 4 is 17.4 Å². The minimum Gasteiger partial charge on any atom is -0.325 e. The number of aryl methyl sites for hydroxylation is 1. The molecule has 28 heavy (non-hydrogen) atoms. The Morgan fingerprint density at radius 2 is 1.54 bits per heavy atom. The molecule has 0 spiro atoms. The first kappa shape index (κ1) is 19.5. The molecule has 0 fully saturated rings. The van der Waals surface area contributed by atoms with E-state index in [9.17, 15) is 9.59 Å². The van der Waals surface area contributed by atoms with E-state index in [1.54, 1.807) is 24.3 Å². The number of rotatable bonds is 7. The van der Waals surface area contributed by atoms with Gasteiger partial charge in [-0.25, -0.2) is 0 Å². The molecule has 3 aromatic carbocycles. The predicted molar refractivity (Wildman–Crippen MR) is 113 cm³/mol. The maximum Gasteiger partial charge on any atom is 0.238 e. The van der Waals surface area contributed by atoms with Gasteiger partial charge in [-0.3, -0.25) is 14.9 Å². The number of benzene rings is 3. The van der Waals surface area contributed by atoms with Crippen LogP contribution in [0.2, 0.25) is 0 Å². The fourth-order valence-corrected chi connectivity index (χ4v) is 3.05. The molecule has 0 unspecified atom stereocenters. The van der Waals surface area contributed by atoms with Crippen molar-refractivity contribution in [2.45, 2.75) is 19.9 Å². The van der Waals surface area contributed by atoms with Gasteiger partial charge in [0.05, 0.1) is 12.6 Å². The highest BCUT2D eigenvalue weighted by atomic mass is 16.2. The molecule has 0 aliphatic heterocycles. The van der Waals surface area contributed by atoms with Crippen molar-refractivity contribution in [1.82, 2.24) is 5.32 Å². The largest absolute Gasteiger partial charge is 0.325 e. The zero-order chi connectivity index (χ0) is 19.9. The molecule has 0 aliphatic carbocycles. The minimum absolute atomic E-state index is 0.0299. The van der Waals surface area contributed by atoms with Crippen molar-refractivity contribution < 1.29 is 9.59 Å². The van der Waals surface area contributed by atoms with E-state index < -0.39 is 0 Å². The summed E-state index contributed by atoms with van der Waals surface area (Å²) < 4.78 is 0. The molecule has 1 amide bonds. The lowest BCUT2D eigenvalue weighted by Gasteiger charge is -2.20. The molecule has 0 bridgehead atoms. The summed E-state index contributed by atoms with van der Waals surface area (Å²) in [5.41, 5.74) is 4.58. The molecule has 4 nitrogen and oxygen atoms in total. The van der Waals surface area contributed by atoms with E-state index in [0.29, 0.717) is 11.3 Å². The molecule has 1 atom stereocenters. The van der Waals surface area contributed by atoms with Crippen LogP contribution in [0.1, 0.15) is 40.0 Å². The number of hydrogen-bond donors (Lipinski definition) is 2. The Bertz CT molecular complexity index is 950. The van der Waals surface area contributed by atoms with Crippen LogP contribution in [-0.2, 0) is 4.79 Å². The lowest BCUT2D eigenvalue weighted by atomic mass is 9.98. The molecule has 0 aromatic heterocycles. The fraction of sp³-hybridized carbons (Fsp3) is 0.167. The zero-order valence-electron chi connectivity index (χ0n) is 16.1. The summed E-state index contributed by atoms with van der Waals surface area (Å²) in [4.78, 5) is 24.0. The third-order valence-corrected chi connectivity index (χ3v) is 4.56. The number of Topliss-reactive ketones (excluding diaryl/α,β-unsaturated/α-hetero) is 1. The topological polar surface area (TPSA) is 58.2 Å². The van der Waals surface area contributed by atoms with Crippen LogP contribution >= 0.6 is 0 Å². The van der Waals surface area contributed by atoms with E-state index in [-0.39, 0.29) is 24.3 Å². The van der Waals surface area contributed by atoms with Crippen molar-refractivity contribution in [3.63, 3.8) is 0 Å². The van der Waals surface area contributed by atoms with Gasteiger partial charge in [-0.2, -0.15) is 0 Å². The maximum atomic E-state index is 12.5. The molecule has 142 valence electrons. The highest BCUT2D eigenvalue weighted by Crippen LogP contribution is 2.22. The highest BCUT2D eigenvalue weighted by molar-refractivity contribution is 5.97. The van der Waals surface area contributed by atoms with Gasteiger partial charge in [0.1, 0.15) is 0 Å². The van der Waals surface area contributed by atoms with Crippen molar-refractivity contribution in [2.75, 3.05) is 11.9 Å². The Balaban J connectivity index is 1.71. The van der Waals surface area contributed by atoms with Crippen LogP contribution < -0.4 is 10.6 Å². The van der Waals surface area contributed by atoms with Crippen LogP contribution in [0.3, 0.4) is 0 Å². The third-order valence-electron chi connectivity index (χ3n) is 4.56. The standard InChI is InChI=1S/C24H24N2O2/c1-17-11-13-20(14-12-17)24(19-7-4-3-5-8-19)25-16-23(28)26-22-10-6-9-21(15-22)18(2)27/h3-15,24-25H,16H2,1-2H3,(H,26,28)/t24-/m0/s1. The van der Waals surface area contributed by atoms with Gasteiger partial charge in [0.15, 0.2) is 5.78 Å². The highest BCUT2D eigenvalue weighted by Gasteiger charge is 2.15. The van der Waals surface area contributed by atoms with E-state index in [0.717, 1.165) is 11.1 Å². The monoisotopic (exact) mass is 372 g/mol. The number of hydrogen-bond acceptors (Lipinski definition) is 3. The summed E-state index contributed by atoms with van der Waals surface area (Å²) in [5, 5.41) is 6.20. The van der Waals surface area contributed by atoms with E-state index in [1.807, 2.05) is 30.3 Å². The third kappa shape index (κ3) is 5.15. The first-order chi connectivity index (χ1) is 13.5. The minimum atomic E-state index is -0.159. The van der Waals surface area contributed by atoms with Gasteiger partial charge in [0.2, 0.25) is 5.91 Å². The van der Waals surface area contributed by atoms with Crippen LogP contribution in [0.5, 0.6) is 0 Å². The van der Waals surface area contributed by atoms with Gasteiger partial charge in [0, 0.05) is 11.3 Å².